The summed E-state index contributed by atoms with van der Waals surface area (Å²) in [5.41, 5.74) is -2.61. The number of carbonyl (C=O) groups excluding carboxylic acids is 1. The Labute approximate surface area is 150 Å². The molecule has 1 aromatic carbocycles. The van der Waals surface area contributed by atoms with Crippen LogP contribution < -0.4 is 5.32 Å². The van der Waals surface area contributed by atoms with Crippen LogP contribution >= 0.6 is 11.3 Å². The van der Waals surface area contributed by atoms with Crippen molar-refractivity contribution in [1.82, 2.24) is 4.98 Å². The third-order valence-corrected chi connectivity index (χ3v) is 3.91. The zero-order valence-electron chi connectivity index (χ0n) is 14.0. The number of aromatic nitrogens is 1. The highest BCUT2D eigenvalue weighted by Gasteiger charge is 2.35. The molecule has 1 heterocycles. The van der Waals surface area contributed by atoms with Gasteiger partial charge in [0.1, 0.15) is 15.6 Å². The average Bonchev–Trinajstić information content (AvgIpc) is 2.88. The van der Waals surface area contributed by atoms with Gasteiger partial charge in [-0.05, 0) is 26.8 Å². The molecule has 0 aliphatic rings. The average molecular weight is 388 g/mol. The topological polar surface area (TPSA) is 88.5 Å². The Hall–Kier alpha value is -2.62. The summed E-state index contributed by atoms with van der Waals surface area (Å²) >= 11 is 0.622. The highest BCUT2D eigenvalue weighted by molar-refractivity contribution is 7.19. The van der Waals surface area contributed by atoms with E-state index in [-0.39, 0.29) is 15.6 Å². The van der Waals surface area contributed by atoms with Crippen LogP contribution in [0.15, 0.2) is 24.3 Å². The van der Waals surface area contributed by atoms with Crippen molar-refractivity contribution < 1.29 is 32.6 Å². The Morgan fingerprint density at radius 1 is 1.19 bits per heavy atom. The Kier molecular flexibility index (Phi) is 5.26. The summed E-state index contributed by atoms with van der Waals surface area (Å²) in [6.45, 7) is 4.84. The Bertz CT molecular complexity index is 841. The second-order valence-electron chi connectivity index (χ2n) is 6.17. The summed E-state index contributed by atoms with van der Waals surface area (Å²) in [5, 5.41) is 11.1. The summed E-state index contributed by atoms with van der Waals surface area (Å²) in [6.07, 6.45) is -5.57. The van der Waals surface area contributed by atoms with Crippen LogP contribution in [0.2, 0.25) is 0 Å². The minimum Gasteiger partial charge on any atom is -0.476 e. The smallest absolute Gasteiger partial charge is 0.417 e. The number of hydrogen-bond acceptors (Lipinski definition) is 5. The lowest BCUT2D eigenvalue weighted by Gasteiger charge is -2.19. The fourth-order valence-corrected chi connectivity index (χ4v) is 2.96. The number of nitrogens with one attached hydrogen (secondary N) is 1. The summed E-state index contributed by atoms with van der Waals surface area (Å²) in [7, 11) is 0. The first-order chi connectivity index (χ1) is 11.9. The van der Waals surface area contributed by atoms with Gasteiger partial charge in [-0.1, -0.05) is 29.5 Å². The Morgan fingerprint density at radius 2 is 1.81 bits per heavy atom. The van der Waals surface area contributed by atoms with E-state index in [0.29, 0.717) is 11.3 Å². The summed E-state index contributed by atoms with van der Waals surface area (Å²) in [6, 6.07) is 4.66. The molecule has 26 heavy (non-hydrogen) atoms. The van der Waals surface area contributed by atoms with Crippen molar-refractivity contribution in [3.63, 3.8) is 0 Å². The number of carbonyl (C=O) groups is 2. The number of nitrogens with zero attached hydrogens (tertiary/aromatic N) is 1. The van der Waals surface area contributed by atoms with Crippen LogP contribution in [0.4, 0.5) is 23.0 Å². The van der Waals surface area contributed by atoms with Crippen LogP contribution in [0.1, 0.15) is 36.8 Å². The van der Waals surface area contributed by atoms with Crippen LogP contribution in [0.25, 0.3) is 10.6 Å². The lowest BCUT2D eigenvalue weighted by molar-refractivity contribution is -0.137. The number of amides is 1. The highest BCUT2D eigenvalue weighted by Crippen LogP contribution is 2.40. The molecule has 2 N–H and O–H groups in total. The summed E-state index contributed by atoms with van der Waals surface area (Å²) in [4.78, 5) is 26.9. The molecule has 0 unspecified atom stereocenters. The number of thiazole rings is 1. The molecular weight excluding hydrogens is 373 g/mol. The molecule has 0 aliphatic heterocycles. The maximum absolute atomic E-state index is 13.2. The summed E-state index contributed by atoms with van der Waals surface area (Å²) in [5.74, 6) is -1.48. The van der Waals surface area contributed by atoms with E-state index in [2.05, 4.69) is 10.3 Å². The minimum absolute atomic E-state index is 0.179. The van der Waals surface area contributed by atoms with Gasteiger partial charge in [0.15, 0.2) is 5.69 Å². The number of aromatic carboxylic acids is 1. The molecule has 2 rings (SSSR count). The first-order valence-electron chi connectivity index (χ1n) is 7.29. The first-order valence-corrected chi connectivity index (χ1v) is 8.11. The highest BCUT2D eigenvalue weighted by atomic mass is 32.1. The molecule has 0 fully saturated rings. The molecule has 0 aliphatic carbocycles. The number of anilines is 1. The van der Waals surface area contributed by atoms with Crippen LogP contribution in [-0.4, -0.2) is 27.8 Å². The molecule has 10 heteroatoms. The quantitative estimate of drug-likeness (QED) is 0.783. The molecule has 0 saturated carbocycles. The number of alkyl halides is 3. The van der Waals surface area contributed by atoms with Crippen LogP contribution in [0.5, 0.6) is 0 Å². The van der Waals surface area contributed by atoms with Crippen molar-refractivity contribution in [1.29, 1.82) is 0 Å². The van der Waals surface area contributed by atoms with Gasteiger partial charge in [0, 0.05) is 5.56 Å². The molecule has 1 amide bonds. The second kappa shape index (κ2) is 6.94. The van der Waals surface area contributed by atoms with Crippen molar-refractivity contribution in [2.45, 2.75) is 32.5 Å². The van der Waals surface area contributed by atoms with E-state index < -0.39 is 35.1 Å². The molecule has 1 aromatic heterocycles. The molecule has 0 radical (unpaired) electrons. The monoisotopic (exact) mass is 388 g/mol. The van der Waals surface area contributed by atoms with Crippen molar-refractivity contribution in [3.05, 3.63) is 35.5 Å². The van der Waals surface area contributed by atoms with Crippen molar-refractivity contribution in [2.24, 2.45) is 0 Å². The zero-order chi connectivity index (χ0) is 19.7. The van der Waals surface area contributed by atoms with Crippen molar-refractivity contribution in [2.75, 3.05) is 5.32 Å². The predicted molar refractivity (Wildman–Crippen MR) is 89.4 cm³/mol. The number of ether oxygens (including phenoxy) is 1. The molecule has 0 atom stereocenters. The Balaban J connectivity index is 2.45. The lowest BCUT2D eigenvalue weighted by Crippen LogP contribution is -2.27. The molecule has 0 spiro atoms. The van der Waals surface area contributed by atoms with Crippen LogP contribution in [-0.2, 0) is 10.9 Å². The molecule has 6 nitrogen and oxygen atoms in total. The van der Waals surface area contributed by atoms with Gasteiger partial charge >= 0.3 is 18.2 Å². The Morgan fingerprint density at radius 3 is 2.35 bits per heavy atom. The first kappa shape index (κ1) is 19.7. The summed E-state index contributed by atoms with van der Waals surface area (Å²) < 4.78 is 44.5. The fraction of sp³-hybridized carbons (Fsp3) is 0.312. The van der Waals surface area contributed by atoms with Gasteiger partial charge in [-0.25, -0.2) is 14.6 Å². The standard InChI is InChI=1S/C16H15F3N2O4S/c1-15(2,3)25-14(24)21-12-10(13(22)23)20-11(26-12)8-6-4-5-7-9(8)16(17,18)19/h4-7H,1-3H3,(H,21,24)(H,22,23). The van der Waals surface area contributed by atoms with E-state index in [1.807, 2.05) is 0 Å². The molecule has 2 aromatic rings. The van der Waals surface area contributed by atoms with Gasteiger partial charge in [0.25, 0.3) is 0 Å². The number of carboxylic acids is 1. The number of rotatable bonds is 3. The molecule has 0 bridgehead atoms. The third-order valence-electron chi connectivity index (χ3n) is 2.91. The molecule has 140 valence electrons. The SMILES string of the molecule is CC(C)(C)OC(=O)Nc1sc(-c2ccccc2C(F)(F)F)nc1C(=O)O. The second-order valence-corrected chi connectivity index (χ2v) is 7.17. The van der Waals surface area contributed by atoms with E-state index in [9.17, 15) is 27.9 Å². The van der Waals surface area contributed by atoms with Gasteiger partial charge in [-0.3, -0.25) is 5.32 Å². The largest absolute Gasteiger partial charge is 0.476 e. The van der Waals surface area contributed by atoms with E-state index in [0.717, 1.165) is 6.07 Å². The number of benzene rings is 1. The van der Waals surface area contributed by atoms with Gasteiger partial charge < -0.3 is 9.84 Å². The number of carboxylic acid groups (broad SMARTS) is 1. The van der Waals surface area contributed by atoms with E-state index in [4.69, 9.17) is 4.74 Å². The predicted octanol–water partition coefficient (Wildman–Crippen LogP) is 4.87. The van der Waals surface area contributed by atoms with Crippen molar-refractivity contribution >= 4 is 28.4 Å². The zero-order valence-corrected chi connectivity index (χ0v) is 14.8. The van der Waals surface area contributed by atoms with Crippen LogP contribution in [0, 0.1) is 0 Å². The fourth-order valence-electron chi connectivity index (χ4n) is 1.98. The normalized spacial score (nSPS) is 11.9. The van der Waals surface area contributed by atoms with Gasteiger partial charge in [-0.2, -0.15) is 13.2 Å². The number of hydrogen-bond donors (Lipinski definition) is 2. The van der Waals surface area contributed by atoms with Gasteiger partial charge in [0.2, 0.25) is 0 Å². The maximum Gasteiger partial charge on any atom is 0.417 e. The number of halogens is 3. The van der Waals surface area contributed by atoms with E-state index in [1.54, 1.807) is 20.8 Å². The maximum atomic E-state index is 13.2. The van der Waals surface area contributed by atoms with Crippen molar-refractivity contribution in [3.8, 4) is 10.6 Å². The van der Waals surface area contributed by atoms with Crippen LogP contribution in [0.3, 0.4) is 0 Å². The van der Waals surface area contributed by atoms with Gasteiger partial charge in [-0.15, -0.1) is 0 Å². The van der Waals surface area contributed by atoms with E-state index >= 15 is 0 Å². The molecule has 0 saturated heterocycles. The molecular formula is C16H15F3N2O4S. The van der Waals surface area contributed by atoms with Gasteiger partial charge in [0.05, 0.1) is 5.56 Å². The minimum atomic E-state index is -4.63. The lowest BCUT2D eigenvalue weighted by atomic mass is 10.1. The van der Waals surface area contributed by atoms with E-state index in [1.165, 1.54) is 18.2 Å². The third kappa shape index (κ3) is 4.72.